The number of fused-ring (bicyclic) bond motifs is 1. The molecule has 3 heterocycles. The molecule has 2 aliphatic rings. The maximum absolute atomic E-state index is 12.6. The van der Waals surface area contributed by atoms with Crippen LogP contribution in [0.25, 0.3) is 0 Å². The standard InChI is InChI=1S/C16H16N4O8S/c1-26-19-10(7-3-2-4-27-7)13(22)18-11-14(23)20-12(16(24)25)8(6-29-15(11)20)28-5-9(17)21/h2-4,11,15H,5-6H2,1H3,(H2,17,21)(H,18,22)(H,24,25)/b19-10-/t11-,15-/m1/s1. The second-order valence-electron chi connectivity index (χ2n) is 5.79. The minimum absolute atomic E-state index is 0.0482. The molecule has 0 saturated carbocycles. The summed E-state index contributed by atoms with van der Waals surface area (Å²) in [6.45, 7) is -0.514. The first-order chi connectivity index (χ1) is 13.8. The summed E-state index contributed by atoms with van der Waals surface area (Å²) in [5.74, 6) is -3.39. The molecular formula is C16H16N4O8S. The molecule has 3 rings (SSSR count). The fourth-order valence-corrected chi connectivity index (χ4v) is 4.05. The monoisotopic (exact) mass is 424 g/mol. The summed E-state index contributed by atoms with van der Waals surface area (Å²) >= 11 is 1.17. The highest BCUT2D eigenvalue weighted by Gasteiger charge is 2.55. The first-order valence-corrected chi connectivity index (χ1v) is 9.18. The number of carbonyl (C=O) groups excluding carboxylic acids is 3. The van der Waals surface area contributed by atoms with Gasteiger partial charge in [0.2, 0.25) is 5.71 Å². The number of ether oxygens (including phenoxy) is 1. The third kappa shape index (κ3) is 3.89. The number of hydrogen-bond donors (Lipinski definition) is 3. The molecule has 12 nitrogen and oxygen atoms in total. The summed E-state index contributed by atoms with van der Waals surface area (Å²) in [7, 11) is 1.25. The van der Waals surface area contributed by atoms with Gasteiger partial charge < -0.3 is 30.1 Å². The summed E-state index contributed by atoms with van der Waals surface area (Å²) in [6, 6.07) is 2.06. The van der Waals surface area contributed by atoms with Gasteiger partial charge in [0.1, 0.15) is 24.3 Å². The quantitative estimate of drug-likeness (QED) is 0.264. The molecule has 29 heavy (non-hydrogen) atoms. The Labute approximate surface area is 167 Å². The van der Waals surface area contributed by atoms with Crippen molar-refractivity contribution in [1.29, 1.82) is 0 Å². The Balaban J connectivity index is 1.77. The van der Waals surface area contributed by atoms with Crippen molar-refractivity contribution >= 4 is 41.2 Å². The maximum atomic E-state index is 12.6. The van der Waals surface area contributed by atoms with Crippen molar-refractivity contribution in [3.63, 3.8) is 0 Å². The lowest BCUT2D eigenvalue weighted by Gasteiger charge is -2.48. The van der Waals surface area contributed by atoms with Crippen LogP contribution in [0.15, 0.2) is 39.4 Å². The number of carboxylic acids is 1. The van der Waals surface area contributed by atoms with Crippen molar-refractivity contribution in [1.82, 2.24) is 10.2 Å². The van der Waals surface area contributed by atoms with E-state index in [1.54, 1.807) is 6.07 Å². The number of nitrogens with zero attached hydrogens (tertiary/aromatic N) is 2. The van der Waals surface area contributed by atoms with Crippen LogP contribution in [0.4, 0.5) is 0 Å². The number of β-lactam (4-membered cyclic amide) rings is 1. The van der Waals surface area contributed by atoms with Crippen molar-refractivity contribution in [3.05, 3.63) is 35.6 Å². The molecule has 0 radical (unpaired) electrons. The highest BCUT2D eigenvalue weighted by atomic mass is 32.2. The molecule has 3 amide bonds. The molecule has 1 aromatic rings. The van der Waals surface area contributed by atoms with Gasteiger partial charge in [0.15, 0.2) is 18.1 Å². The molecule has 1 saturated heterocycles. The molecule has 0 aliphatic carbocycles. The number of amides is 3. The predicted molar refractivity (Wildman–Crippen MR) is 97.1 cm³/mol. The second kappa shape index (κ2) is 8.26. The number of carbonyl (C=O) groups is 4. The molecule has 2 aliphatic heterocycles. The molecule has 0 spiro atoms. The van der Waals surface area contributed by atoms with Gasteiger partial charge in [-0.1, -0.05) is 5.16 Å². The molecule has 0 bridgehead atoms. The van der Waals surface area contributed by atoms with Gasteiger partial charge in [-0.3, -0.25) is 19.3 Å². The topological polar surface area (TPSA) is 174 Å². The van der Waals surface area contributed by atoms with Crippen LogP contribution < -0.4 is 11.1 Å². The normalized spacial score (nSPS) is 21.2. The fourth-order valence-electron chi connectivity index (χ4n) is 2.77. The molecule has 4 N–H and O–H groups in total. The maximum Gasteiger partial charge on any atom is 0.356 e. The highest BCUT2D eigenvalue weighted by molar-refractivity contribution is 8.00. The number of primary amides is 1. The van der Waals surface area contributed by atoms with Crippen LogP contribution in [-0.2, 0) is 28.8 Å². The third-order valence-electron chi connectivity index (χ3n) is 3.96. The van der Waals surface area contributed by atoms with Gasteiger partial charge in [0.05, 0.1) is 12.0 Å². The number of hydrogen-bond acceptors (Lipinski definition) is 9. The number of carboxylic acid groups (broad SMARTS) is 1. The second-order valence-corrected chi connectivity index (χ2v) is 6.90. The lowest BCUT2D eigenvalue weighted by atomic mass is 10.0. The minimum atomic E-state index is -1.40. The smallest absolute Gasteiger partial charge is 0.356 e. The molecule has 13 heteroatoms. The zero-order chi connectivity index (χ0) is 21.1. The predicted octanol–water partition coefficient (Wildman–Crippen LogP) is -1.17. The Morgan fingerprint density at radius 1 is 1.48 bits per heavy atom. The van der Waals surface area contributed by atoms with Crippen LogP contribution in [0.2, 0.25) is 0 Å². The van der Waals surface area contributed by atoms with E-state index in [-0.39, 0.29) is 28.7 Å². The highest BCUT2D eigenvalue weighted by Crippen LogP contribution is 2.40. The summed E-state index contributed by atoms with van der Waals surface area (Å²) in [5.41, 5.74) is 4.44. The van der Waals surface area contributed by atoms with Gasteiger partial charge in [-0.15, -0.1) is 11.8 Å². The number of rotatable bonds is 8. The molecule has 1 aromatic heterocycles. The first kappa shape index (κ1) is 20.3. The van der Waals surface area contributed by atoms with E-state index in [4.69, 9.17) is 14.9 Å². The largest absolute Gasteiger partial charge is 0.485 e. The molecule has 154 valence electrons. The number of thioether (sulfide) groups is 1. The molecule has 2 atom stereocenters. The van der Waals surface area contributed by atoms with E-state index in [1.807, 2.05) is 0 Å². The fraction of sp³-hybridized carbons (Fsp3) is 0.312. The zero-order valence-corrected chi connectivity index (χ0v) is 15.8. The van der Waals surface area contributed by atoms with Crippen LogP contribution in [0.5, 0.6) is 0 Å². The van der Waals surface area contributed by atoms with Crippen molar-refractivity contribution in [2.75, 3.05) is 19.5 Å². The van der Waals surface area contributed by atoms with E-state index in [0.29, 0.717) is 0 Å². The van der Waals surface area contributed by atoms with Crippen LogP contribution in [0.3, 0.4) is 0 Å². The lowest BCUT2D eigenvalue weighted by Crippen LogP contribution is -2.71. The van der Waals surface area contributed by atoms with Crippen LogP contribution in [0, 0.1) is 0 Å². The van der Waals surface area contributed by atoms with Gasteiger partial charge in [-0.05, 0) is 12.1 Å². The van der Waals surface area contributed by atoms with Crippen molar-refractivity contribution < 1.29 is 38.3 Å². The third-order valence-corrected chi connectivity index (χ3v) is 5.22. The molecular weight excluding hydrogens is 408 g/mol. The van der Waals surface area contributed by atoms with Gasteiger partial charge in [-0.25, -0.2) is 4.79 Å². The number of nitrogens with two attached hydrogens (primary N) is 1. The minimum Gasteiger partial charge on any atom is -0.485 e. The van der Waals surface area contributed by atoms with E-state index in [0.717, 1.165) is 4.90 Å². The summed E-state index contributed by atoms with van der Waals surface area (Å²) in [4.78, 5) is 53.3. The summed E-state index contributed by atoms with van der Waals surface area (Å²) in [5, 5.41) is 14.9. The van der Waals surface area contributed by atoms with Gasteiger partial charge in [0.25, 0.3) is 17.7 Å². The lowest BCUT2D eigenvalue weighted by molar-refractivity contribution is -0.150. The number of nitrogens with one attached hydrogen (secondary N) is 1. The number of furan rings is 1. The number of aliphatic carboxylic acids is 1. The van der Waals surface area contributed by atoms with E-state index < -0.39 is 41.7 Å². The first-order valence-electron chi connectivity index (χ1n) is 8.13. The Morgan fingerprint density at radius 3 is 2.83 bits per heavy atom. The van der Waals surface area contributed by atoms with Crippen LogP contribution >= 0.6 is 11.8 Å². The SMILES string of the molecule is CO/N=C(\C(=O)N[C@@H]1C(=O)N2C(C(=O)O)=C(OCC(N)=O)CS[C@H]12)c1ccco1. The van der Waals surface area contributed by atoms with Crippen molar-refractivity contribution in [3.8, 4) is 0 Å². The Hall–Kier alpha value is -3.48. The van der Waals surface area contributed by atoms with Gasteiger partial charge in [0, 0.05) is 0 Å². The summed E-state index contributed by atoms with van der Waals surface area (Å²) < 4.78 is 10.3. The molecule has 0 unspecified atom stereocenters. The average molecular weight is 424 g/mol. The van der Waals surface area contributed by atoms with Crippen LogP contribution in [0.1, 0.15) is 5.76 Å². The zero-order valence-electron chi connectivity index (χ0n) is 15.0. The Kier molecular flexibility index (Phi) is 5.77. The molecule has 1 fully saturated rings. The van der Waals surface area contributed by atoms with E-state index >= 15 is 0 Å². The van der Waals surface area contributed by atoms with Gasteiger partial charge in [-0.2, -0.15) is 0 Å². The van der Waals surface area contributed by atoms with Crippen molar-refractivity contribution in [2.45, 2.75) is 11.4 Å². The molecule has 0 aromatic carbocycles. The van der Waals surface area contributed by atoms with E-state index in [1.165, 1.54) is 31.2 Å². The van der Waals surface area contributed by atoms with Crippen molar-refractivity contribution in [2.24, 2.45) is 10.9 Å². The average Bonchev–Trinajstić information content (AvgIpc) is 3.21. The number of oxime groups is 1. The van der Waals surface area contributed by atoms with E-state index in [9.17, 15) is 24.3 Å². The summed E-state index contributed by atoms with van der Waals surface area (Å²) in [6.07, 6.45) is 1.35. The van der Waals surface area contributed by atoms with E-state index in [2.05, 4.69) is 15.3 Å². The Morgan fingerprint density at radius 2 is 2.24 bits per heavy atom. The Bertz CT molecular complexity index is 910. The van der Waals surface area contributed by atoms with Gasteiger partial charge >= 0.3 is 5.97 Å². The van der Waals surface area contributed by atoms with Crippen LogP contribution in [-0.4, -0.2) is 70.3 Å².